The Bertz CT molecular complexity index is 608. The molecule has 0 aliphatic carbocycles. The molecule has 20 heavy (non-hydrogen) atoms. The predicted octanol–water partition coefficient (Wildman–Crippen LogP) is 0.998. The lowest BCUT2D eigenvalue weighted by molar-refractivity contribution is -0.137. The number of hydrogen-bond donors (Lipinski definition) is 3. The van der Waals surface area contributed by atoms with E-state index < -0.39 is 5.97 Å². The minimum atomic E-state index is -0.862. The molecule has 0 spiro atoms. The van der Waals surface area contributed by atoms with E-state index in [9.17, 15) is 9.59 Å². The molecule has 0 atom stereocenters. The van der Waals surface area contributed by atoms with Gasteiger partial charge in [-0.2, -0.15) is 5.10 Å². The van der Waals surface area contributed by atoms with Crippen molar-refractivity contribution in [3.8, 4) is 0 Å². The average molecular weight is 276 g/mol. The van der Waals surface area contributed by atoms with E-state index in [0.717, 1.165) is 11.1 Å². The number of nitrogens with one attached hydrogen (secondary N) is 2. The van der Waals surface area contributed by atoms with Crippen LogP contribution in [0.1, 0.15) is 18.4 Å². The van der Waals surface area contributed by atoms with Crippen LogP contribution in [0.25, 0.3) is 5.52 Å². The zero-order valence-corrected chi connectivity index (χ0v) is 10.9. The van der Waals surface area contributed by atoms with Gasteiger partial charge in [0.05, 0.1) is 11.7 Å². The highest BCUT2D eigenvalue weighted by atomic mass is 16.4. The summed E-state index contributed by atoms with van der Waals surface area (Å²) in [6, 6.07) is 5.40. The van der Waals surface area contributed by atoms with Crippen LogP contribution >= 0.6 is 0 Å². The number of aliphatic carboxylic acids is 1. The summed E-state index contributed by atoms with van der Waals surface area (Å²) in [4.78, 5) is 21.8. The molecule has 0 saturated heterocycles. The van der Waals surface area contributed by atoms with Crippen LogP contribution in [-0.2, 0) is 11.3 Å². The summed E-state index contributed by atoms with van der Waals surface area (Å²) in [5.41, 5.74) is 1.87. The van der Waals surface area contributed by atoms with Gasteiger partial charge in [0.1, 0.15) is 0 Å². The fourth-order valence-corrected chi connectivity index (χ4v) is 1.80. The Morgan fingerprint density at radius 1 is 1.30 bits per heavy atom. The number of carbonyl (C=O) groups is 2. The Labute approximate surface area is 115 Å². The summed E-state index contributed by atoms with van der Waals surface area (Å²) < 4.78 is 1.74. The average Bonchev–Trinajstić information content (AvgIpc) is 2.84. The summed E-state index contributed by atoms with van der Waals surface area (Å²) >= 11 is 0. The van der Waals surface area contributed by atoms with Crippen LogP contribution in [0, 0.1) is 0 Å². The number of carbonyl (C=O) groups excluding carboxylic acids is 1. The van der Waals surface area contributed by atoms with Crippen molar-refractivity contribution < 1.29 is 14.7 Å². The molecule has 0 unspecified atom stereocenters. The van der Waals surface area contributed by atoms with Gasteiger partial charge in [0.2, 0.25) is 0 Å². The third-order valence-electron chi connectivity index (χ3n) is 2.80. The minimum absolute atomic E-state index is 0.0499. The molecule has 3 N–H and O–H groups in total. The molecule has 0 bridgehead atoms. The number of amides is 2. The first-order valence-corrected chi connectivity index (χ1v) is 6.31. The molecule has 106 valence electrons. The van der Waals surface area contributed by atoms with Crippen LogP contribution < -0.4 is 10.6 Å². The Kier molecular flexibility index (Phi) is 4.54. The molecule has 0 fully saturated rings. The van der Waals surface area contributed by atoms with E-state index in [4.69, 9.17) is 5.11 Å². The van der Waals surface area contributed by atoms with E-state index in [0.29, 0.717) is 19.5 Å². The van der Waals surface area contributed by atoms with Crippen LogP contribution in [0.15, 0.2) is 30.6 Å². The first-order chi connectivity index (χ1) is 9.66. The molecule has 0 aliphatic heterocycles. The van der Waals surface area contributed by atoms with Crippen molar-refractivity contribution in [2.75, 3.05) is 6.54 Å². The normalized spacial score (nSPS) is 10.4. The molecule has 2 rings (SSSR count). The van der Waals surface area contributed by atoms with Crippen molar-refractivity contribution in [3.63, 3.8) is 0 Å². The van der Waals surface area contributed by atoms with Gasteiger partial charge in [-0.15, -0.1) is 0 Å². The number of fused-ring (bicyclic) bond motifs is 1. The summed E-state index contributed by atoms with van der Waals surface area (Å²) in [5.74, 6) is -0.862. The van der Waals surface area contributed by atoms with E-state index in [1.54, 1.807) is 10.7 Å². The van der Waals surface area contributed by atoms with Crippen LogP contribution in [-0.4, -0.2) is 33.3 Å². The van der Waals surface area contributed by atoms with Crippen molar-refractivity contribution in [3.05, 3.63) is 36.2 Å². The zero-order valence-electron chi connectivity index (χ0n) is 10.9. The van der Waals surface area contributed by atoms with E-state index >= 15 is 0 Å². The quantitative estimate of drug-likeness (QED) is 0.686. The fraction of sp³-hybridized carbons (Fsp3) is 0.308. The highest BCUT2D eigenvalue weighted by Gasteiger charge is 2.05. The number of aromatic nitrogens is 2. The third-order valence-corrected chi connectivity index (χ3v) is 2.80. The monoisotopic (exact) mass is 276 g/mol. The maximum absolute atomic E-state index is 11.5. The molecule has 2 aromatic heterocycles. The standard InChI is InChI=1S/C13H16N4O3/c18-12(19)5-3-6-14-13(20)15-8-10-9-16-17-7-2-1-4-11(10)17/h1-2,4,7,9H,3,5-6,8H2,(H,18,19)(H2,14,15,20). The summed E-state index contributed by atoms with van der Waals surface area (Å²) in [7, 11) is 0. The van der Waals surface area contributed by atoms with Gasteiger partial charge >= 0.3 is 12.0 Å². The highest BCUT2D eigenvalue weighted by Crippen LogP contribution is 2.08. The molecular formula is C13H16N4O3. The van der Waals surface area contributed by atoms with Gasteiger partial charge < -0.3 is 15.7 Å². The lowest BCUT2D eigenvalue weighted by atomic mass is 10.2. The molecule has 2 heterocycles. The lowest BCUT2D eigenvalue weighted by Crippen LogP contribution is -2.35. The van der Waals surface area contributed by atoms with Gasteiger partial charge in [-0.3, -0.25) is 4.79 Å². The van der Waals surface area contributed by atoms with E-state index in [-0.39, 0.29) is 12.5 Å². The van der Waals surface area contributed by atoms with Gasteiger partial charge in [-0.05, 0) is 18.6 Å². The van der Waals surface area contributed by atoms with Gasteiger partial charge in [-0.25, -0.2) is 9.31 Å². The van der Waals surface area contributed by atoms with Gasteiger partial charge in [0.25, 0.3) is 0 Å². The first kappa shape index (κ1) is 13.9. The molecular weight excluding hydrogens is 260 g/mol. The van der Waals surface area contributed by atoms with Crippen molar-refractivity contribution in [2.24, 2.45) is 0 Å². The van der Waals surface area contributed by atoms with Crippen molar-refractivity contribution >= 4 is 17.5 Å². The molecule has 0 saturated carbocycles. The second-order valence-corrected chi connectivity index (χ2v) is 4.31. The summed E-state index contributed by atoms with van der Waals surface area (Å²) in [6.45, 7) is 0.713. The number of hydrogen-bond acceptors (Lipinski definition) is 3. The molecule has 0 radical (unpaired) electrons. The van der Waals surface area contributed by atoms with Crippen molar-refractivity contribution in [2.45, 2.75) is 19.4 Å². The van der Waals surface area contributed by atoms with Crippen LogP contribution in [0.2, 0.25) is 0 Å². The second-order valence-electron chi connectivity index (χ2n) is 4.31. The largest absolute Gasteiger partial charge is 0.481 e. The van der Waals surface area contributed by atoms with Crippen LogP contribution in [0.3, 0.4) is 0 Å². The number of pyridine rings is 1. The zero-order chi connectivity index (χ0) is 14.4. The number of carboxylic acids is 1. The number of rotatable bonds is 6. The maximum Gasteiger partial charge on any atom is 0.315 e. The Balaban J connectivity index is 1.77. The van der Waals surface area contributed by atoms with Crippen molar-refractivity contribution in [1.82, 2.24) is 20.2 Å². The fourth-order valence-electron chi connectivity index (χ4n) is 1.80. The second kappa shape index (κ2) is 6.55. The molecule has 0 aliphatic rings. The van der Waals surface area contributed by atoms with E-state index in [1.807, 2.05) is 24.4 Å². The van der Waals surface area contributed by atoms with Gasteiger partial charge in [-0.1, -0.05) is 6.07 Å². The third kappa shape index (κ3) is 3.71. The molecule has 2 aromatic rings. The smallest absolute Gasteiger partial charge is 0.315 e. The minimum Gasteiger partial charge on any atom is -0.481 e. The SMILES string of the molecule is O=C(O)CCCNC(=O)NCc1cnn2ccccc12. The molecule has 7 heteroatoms. The maximum atomic E-state index is 11.5. The summed E-state index contributed by atoms with van der Waals surface area (Å²) in [6.07, 6.45) is 4.01. The lowest BCUT2D eigenvalue weighted by Gasteiger charge is -2.06. The highest BCUT2D eigenvalue weighted by molar-refractivity contribution is 5.74. The van der Waals surface area contributed by atoms with E-state index in [1.165, 1.54) is 0 Å². The van der Waals surface area contributed by atoms with Crippen LogP contribution in [0.4, 0.5) is 4.79 Å². The van der Waals surface area contributed by atoms with Gasteiger partial charge in [0, 0.05) is 31.3 Å². The summed E-state index contributed by atoms with van der Waals surface area (Å²) in [5, 5.41) is 18.0. The predicted molar refractivity (Wildman–Crippen MR) is 72.3 cm³/mol. The molecule has 7 nitrogen and oxygen atoms in total. The molecule has 2 amide bonds. The van der Waals surface area contributed by atoms with Crippen molar-refractivity contribution in [1.29, 1.82) is 0 Å². The topological polar surface area (TPSA) is 95.7 Å². The van der Waals surface area contributed by atoms with E-state index in [2.05, 4.69) is 15.7 Å². The Morgan fingerprint density at radius 2 is 2.15 bits per heavy atom. The number of nitrogens with zero attached hydrogens (tertiary/aromatic N) is 2. The molecule has 0 aromatic carbocycles. The number of carboxylic acid groups (broad SMARTS) is 1. The Hall–Kier alpha value is -2.57. The van der Waals surface area contributed by atoms with Gasteiger partial charge in [0.15, 0.2) is 0 Å². The number of urea groups is 1. The van der Waals surface area contributed by atoms with Crippen LogP contribution in [0.5, 0.6) is 0 Å². The Morgan fingerprint density at radius 3 is 2.95 bits per heavy atom. The first-order valence-electron chi connectivity index (χ1n) is 6.31.